The van der Waals surface area contributed by atoms with E-state index in [1.807, 2.05) is 47.4 Å². The fraction of sp³-hybridized carbons (Fsp3) is 0.375. The molecule has 2 aromatic rings. The third-order valence-electron chi connectivity index (χ3n) is 4.80. The third kappa shape index (κ3) is 6.28. The number of nitrogens with zero attached hydrogens (tertiary/aromatic N) is 1. The smallest absolute Gasteiger partial charge is 0.230 e. The maximum Gasteiger partial charge on any atom is 0.230 e. The SMILES string of the molecule is CCCCC(CC)C(=O)N(C/C=C/c1ccccc1)c1ccc(OC)cc1. The number of benzene rings is 2. The van der Waals surface area contributed by atoms with Gasteiger partial charge in [0.05, 0.1) is 7.11 Å². The van der Waals surface area contributed by atoms with Crippen molar-refractivity contribution in [3.05, 3.63) is 66.2 Å². The van der Waals surface area contributed by atoms with Crippen molar-refractivity contribution < 1.29 is 9.53 Å². The molecule has 0 bridgehead atoms. The molecule has 27 heavy (non-hydrogen) atoms. The molecule has 0 N–H and O–H groups in total. The molecule has 3 heteroatoms. The fourth-order valence-corrected chi connectivity index (χ4v) is 3.12. The van der Waals surface area contributed by atoms with Crippen LogP contribution in [-0.4, -0.2) is 19.6 Å². The molecule has 0 aromatic heterocycles. The van der Waals surface area contributed by atoms with Gasteiger partial charge in [-0.3, -0.25) is 4.79 Å². The first-order valence-electron chi connectivity index (χ1n) is 9.86. The van der Waals surface area contributed by atoms with Gasteiger partial charge in [0, 0.05) is 18.2 Å². The Labute approximate surface area is 163 Å². The lowest BCUT2D eigenvalue weighted by Gasteiger charge is -2.26. The van der Waals surface area contributed by atoms with Gasteiger partial charge in [0.15, 0.2) is 0 Å². The Morgan fingerprint density at radius 3 is 2.37 bits per heavy atom. The zero-order valence-electron chi connectivity index (χ0n) is 16.7. The topological polar surface area (TPSA) is 29.5 Å². The van der Waals surface area contributed by atoms with Crippen molar-refractivity contribution in [2.45, 2.75) is 39.5 Å². The van der Waals surface area contributed by atoms with Crippen LogP contribution >= 0.6 is 0 Å². The van der Waals surface area contributed by atoms with Gasteiger partial charge in [0.1, 0.15) is 5.75 Å². The molecule has 2 rings (SSSR count). The minimum absolute atomic E-state index is 0.0668. The molecule has 0 radical (unpaired) electrons. The van der Waals surface area contributed by atoms with E-state index in [0.29, 0.717) is 6.54 Å². The van der Waals surface area contributed by atoms with E-state index in [1.54, 1.807) is 7.11 Å². The number of carbonyl (C=O) groups excluding carboxylic acids is 1. The number of carbonyl (C=O) groups is 1. The van der Waals surface area contributed by atoms with Crippen molar-refractivity contribution in [2.75, 3.05) is 18.6 Å². The normalized spacial score (nSPS) is 12.1. The molecular weight excluding hydrogens is 334 g/mol. The highest BCUT2D eigenvalue weighted by Crippen LogP contribution is 2.24. The van der Waals surface area contributed by atoms with Gasteiger partial charge in [0.25, 0.3) is 0 Å². The van der Waals surface area contributed by atoms with Crippen LogP contribution in [0.1, 0.15) is 45.1 Å². The summed E-state index contributed by atoms with van der Waals surface area (Å²) in [5.74, 6) is 1.06. The number of methoxy groups -OCH3 is 1. The first kappa shape index (κ1) is 20.8. The number of rotatable bonds is 10. The summed E-state index contributed by atoms with van der Waals surface area (Å²) < 4.78 is 5.25. The lowest BCUT2D eigenvalue weighted by atomic mass is 9.97. The fourth-order valence-electron chi connectivity index (χ4n) is 3.12. The standard InChI is InChI=1S/C24H31NO2/c1-4-6-14-21(5-2)24(26)25(22-15-17-23(27-3)18-16-22)19-10-13-20-11-8-7-9-12-20/h7-13,15-18,21H,4-6,14,19H2,1-3H3/b13-10+. The number of amides is 1. The zero-order chi connectivity index (χ0) is 19.5. The lowest BCUT2D eigenvalue weighted by molar-refractivity contribution is -0.122. The van der Waals surface area contributed by atoms with Gasteiger partial charge in [0.2, 0.25) is 5.91 Å². The summed E-state index contributed by atoms with van der Waals surface area (Å²) in [5.41, 5.74) is 2.05. The summed E-state index contributed by atoms with van der Waals surface area (Å²) in [5, 5.41) is 0. The van der Waals surface area contributed by atoms with Gasteiger partial charge in [-0.2, -0.15) is 0 Å². The van der Waals surface area contributed by atoms with E-state index in [1.165, 1.54) is 0 Å². The predicted molar refractivity (Wildman–Crippen MR) is 114 cm³/mol. The summed E-state index contributed by atoms with van der Waals surface area (Å²) in [4.78, 5) is 15.1. The van der Waals surface area contributed by atoms with Gasteiger partial charge in [-0.05, 0) is 42.7 Å². The highest BCUT2D eigenvalue weighted by atomic mass is 16.5. The Kier molecular flexibility index (Phi) is 8.63. The molecule has 0 aliphatic carbocycles. The predicted octanol–water partition coefficient (Wildman–Crippen LogP) is 5.96. The number of unbranched alkanes of at least 4 members (excludes halogenated alkanes) is 1. The average molecular weight is 366 g/mol. The van der Waals surface area contributed by atoms with Crippen LogP contribution in [0.4, 0.5) is 5.69 Å². The minimum atomic E-state index is 0.0668. The summed E-state index contributed by atoms with van der Waals surface area (Å²) in [7, 11) is 1.65. The van der Waals surface area contributed by atoms with Crippen LogP contribution in [-0.2, 0) is 4.79 Å². The maximum absolute atomic E-state index is 13.2. The molecule has 1 unspecified atom stereocenters. The first-order chi connectivity index (χ1) is 13.2. The molecule has 1 amide bonds. The Hall–Kier alpha value is -2.55. The van der Waals surface area contributed by atoms with Gasteiger partial charge < -0.3 is 9.64 Å². The van der Waals surface area contributed by atoms with Crippen LogP contribution in [0.2, 0.25) is 0 Å². The quantitative estimate of drug-likeness (QED) is 0.520. The third-order valence-corrected chi connectivity index (χ3v) is 4.80. The highest BCUT2D eigenvalue weighted by molar-refractivity contribution is 5.95. The van der Waals surface area contributed by atoms with Gasteiger partial charge in [-0.15, -0.1) is 0 Å². The van der Waals surface area contributed by atoms with E-state index in [9.17, 15) is 4.79 Å². The first-order valence-corrected chi connectivity index (χ1v) is 9.86. The van der Waals surface area contributed by atoms with E-state index in [0.717, 1.165) is 42.7 Å². The molecule has 2 aromatic carbocycles. The second-order valence-electron chi connectivity index (χ2n) is 6.71. The summed E-state index contributed by atoms with van der Waals surface area (Å²) in [6, 6.07) is 17.9. The van der Waals surface area contributed by atoms with E-state index >= 15 is 0 Å². The Balaban J connectivity index is 2.20. The molecule has 0 heterocycles. The van der Waals surface area contributed by atoms with Crippen LogP contribution < -0.4 is 9.64 Å². The second-order valence-corrected chi connectivity index (χ2v) is 6.71. The molecule has 0 fully saturated rings. The van der Waals surface area contributed by atoms with E-state index in [-0.39, 0.29) is 11.8 Å². The largest absolute Gasteiger partial charge is 0.497 e. The Bertz CT molecular complexity index is 707. The second kappa shape index (κ2) is 11.2. The number of hydrogen-bond acceptors (Lipinski definition) is 2. The summed E-state index contributed by atoms with van der Waals surface area (Å²) in [6.07, 6.45) is 8.14. The number of hydrogen-bond donors (Lipinski definition) is 0. The van der Waals surface area contributed by atoms with Crippen molar-refractivity contribution in [1.82, 2.24) is 0 Å². The van der Waals surface area contributed by atoms with Crippen molar-refractivity contribution in [2.24, 2.45) is 5.92 Å². The molecule has 0 aliphatic heterocycles. The monoisotopic (exact) mass is 365 g/mol. The molecule has 144 valence electrons. The van der Waals surface area contributed by atoms with Crippen molar-refractivity contribution in [1.29, 1.82) is 0 Å². The number of ether oxygens (including phenoxy) is 1. The van der Waals surface area contributed by atoms with Gasteiger partial charge in [-0.1, -0.05) is 69.2 Å². The van der Waals surface area contributed by atoms with Crippen LogP contribution in [0.25, 0.3) is 6.08 Å². The van der Waals surface area contributed by atoms with Crippen molar-refractivity contribution >= 4 is 17.7 Å². The van der Waals surface area contributed by atoms with Crippen LogP contribution in [0.3, 0.4) is 0 Å². The van der Waals surface area contributed by atoms with Gasteiger partial charge >= 0.3 is 0 Å². The van der Waals surface area contributed by atoms with Crippen LogP contribution in [0, 0.1) is 5.92 Å². The Morgan fingerprint density at radius 2 is 1.78 bits per heavy atom. The molecule has 0 saturated heterocycles. The minimum Gasteiger partial charge on any atom is -0.497 e. The molecule has 0 spiro atoms. The summed E-state index contributed by atoms with van der Waals surface area (Å²) >= 11 is 0. The maximum atomic E-state index is 13.2. The molecule has 0 aliphatic rings. The van der Waals surface area contributed by atoms with Gasteiger partial charge in [-0.25, -0.2) is 0 Å². The van der Waals surface area contributed by atoms with E-state index < -0.39 is 0 Å². The zero-order valence-corrected chi connectivity index (χ0v) is 16.7. The lowest BCUT2D eigenvalue weighted by Crippen LogP contribution is -2.36. The Morgan fingerprint density at radius 1 is 1.07 bits per heavy atom. The highest BCUT2D eigenvalue weighted by Gasteiger charge is 2.23. The van der Waals surface area contributed by atoms with Crippen LogP contribution in [0.15, 0.2) is 60.7 Å². The van der Waals surface area contributed by atoms with Crippen molar-refractivity contribution in [3.8, 4) is 5.75 Å². The van der Waals surface area contributed by atoms with Crippen LogP contribution in [0.5, 0.6) is 5.75 Å². The van der Waals surface area contributed by atoms with E-state index in [4.69, 9.17) is 4.74 Å². The molecule has 3 nitrogen and oxygen atoms in total. The summed E-state index contributed by atoms with van der Waals surface area (Å²) in [6.45, 7) is 4.83. The van der Waals surface area contributed by atoms with Crippen molar-refractivity contribution in [3.63, 3.8) is 0 Å². The van der Waals surface area contributed by atoms with E-state index in [2.05, 4.69) is 38.1 Å². The molecular formula is C24H31NO2. The number of anilines is 1. The molecule has 0 saturated carbocycles. The average Bonchev–Trinajstić information content (AvgIpc) is 2.72. The molecule has 1 atom stereocenters.